The monoisotopic (exact) mass is 344 g/mol. The molecule has 0 aromatic carbocycles. The molecule has 25 heavy (non-hydrogen) atoms. The van der Waals surface area contributed by atoms with E-state index < -0.39 is 0 Å². The highest BCUT2D eigenvalue weighted by atomic mass is 16.1. The summed E-state index contributed by atoms with van der Waals surface area (Å²) in [5, 5.41) is 10.2. The Morgan fingerprint density at radius 1 is 1.20 bits per heavy atom. The highest BCUT2D eigenvalue weighted by Gasteiger charge is 2.14. The van der Waals surface area contributed by atoms with E-state index in [1.54, 1.807) is 16.9 Å². The molecule has 1 amide bonds. The molecular formula is C18H28N6O. The van der Waals surface area contributed by atoms with E-state index >= 15 is 0 Å². The molecule has 0 fully saturated rings. The largest absolute Gasteiger partial charge is 0.349 e. The van der Waals surface area contributed by atoms with Crippen molar-refractivity contribution < 1.29 is 4.79 Å². The Bertz CT molecular complexity index is 686. The Labute approximate surface area is 149 Å². The first-order valence-corrected chi connectivity index (χ1v) is 8.64. The van der Waals surface area contributed by atoms with Crippen LogP contribution in [0.15, 0.2) is 30.5 Å². The standard InChI is InChI=1S/C18H28N6O/c1-13(2)24(14(3)4)12-11-19-18(25)15-7-6-8-16(21-15)22-17-9-10-20-23(17)5/h6-10,13-14H,11-12H2,1-5H3,(H,19,25)(H,21,22). The van der Waals surface area contributed by atoms with Crippen LogP contribution < -0.4 is 10.6 Å². The van der Waals surface area contributed by atoms with Crippen molar-refractivity contribution in [2.45, 2.75) is 39.8 Å². The molecule has 0 unspecified atom stereocenters. The molecule has 7 nitrogen and oxygen atoms in total. The summed E-state index contributed by atoms with van der Waals surface area (Å²) in [4.78, 5) is 19.1. The fraction of sp³-hybridized carbons (Fsp3) is 0.500. The van der Waals surface area contributed by atoms with E-state index in [1.165, 1.54) is 0 Å². The summed E-state index contributed by atoms with van der Waals surface area (Å²) in [6.45, 7) is 10.1. The molecule has 0 aliphatic heterocycles. The maximum atomic E-state index is 12.4. The third-order valence-electron chi connectivity index (χ3n) is 4.04. The highest BCUT2D eigenvalue weighted by Crippen LogP contribution is 2.13. The minimum Gasteiger partial charge on any atom is -0.349 e. The van der Waals surface area contributed by atoms with Crippen LogP contribution in [0.2, 0.25) is 0 Å². The third-order valence-corrected chi connectivity index (χ3v) is 4.04. The first-order valence-electron chi connectivity index (χ1n) is 8.64. The lowest BCUT2D eigenvalue weighted by Gasteiger charge is -2.30. The smallest absolute Gasteiger partial charge is 0.270 e. The van der Waals surface area contributed by atoms with Gasteiger partial charge < -0.3 is 10.6 Å². The Kier molecular flexibility index (Phi) is 6.52. The van der Waals surface area contributed by atoms with Crippen LogP contribution in [0.3, 0.4) is 0 Å². The summed E-state index contributed by atoms with van der Waals surface area (Å²) in [5.74, 6) is 1.26. The molecule has 0 aliphatic carbocycles. The number of pyridine rings is 1. The second-order valence-corrected chi connectivity index (χ2v) is 6.55. The second kappa shape index (κ2) is 8.62. The maximum absolute atomic E-state index is 12.4. The number of nitrogens with one attached hydrogen (secondary N) is 2. The van der Waals surface area contributed by atoms with Crippen LogP contribution in [0.25, 0.3) is 0 Å². The van der Waals surface area contributed by atoms with Crippen molar-refractivity contribution in [1.82, 2.24) is 25.0 Å². The zero-order valence-corrected chi connectivity index (χ0v) is 15.7. The molecule has 0 bridgehead atoms. The fourth-order valence-corrected chi connectivity index (χ4v) is 2.76. The van der Waals surface area contributed by atoms with Gasteiger partial charge in [-0.3, -0.25) is 14.4 Å². The highest BCUT2D eigenvalue weighted by molar-refractivity contribution is 5.92. The summed E-state index contributed by atoms with van der Waals surface area (Å²) in [6, 6.07) is 8.09. The van der Waals surface area contributed by atoms with Crippen molar-refractivity contribution >= 4 is 17.5 Å². The Balaban J connectivity index is 1.93. The molecule has 0 aliphatic rings. The maximum Gasteiger partial charge on any atom is 0.270 e. The van der Waals surface area contributed by atoms with Crippen LogP contribution in [-0.2, 0) is 7.05 Å². The molecule has 136 valence electrons. The van der Waals surface area contributed by atoms with Crippen LogP contribution in [0.1, 0.15) is 38.2 Å². The van der Waals surface area contributed by atoms with Crippen molar-refractivity contribution in [2.75, 3.05) is 18.4 Å². The van der Waals surface area contributed by atoms with Gasteiger partial charge >= 0.3 is 0 Å². The Hall–Kier alpha value is -2.41. The van der Waals surface area contributed by atoms with Crippen LogP contribution in [0.4, 0.5) is 11.6 Å². The van der Waals surface area contributed by atoms with Gasteiger partial charge in [-0.25, -0.2) is 4.98 Å². The van der Waals surface area contributed by atoms with E-state index in [0.29, 0.717) is 30.1 Å². The van der Waals surface area contributed by atoms with E-state index in [4.69, 9.17) is 0 Å². The predicted octanol–water partition coefficient (Wildman–Crippen LogP) is 2.41. The molecule has 0 radical (unpaired) electrons. The lowest BCUT2D eigenvalue weighted by atomic mass is 10.2. The number of anilines is 2. The molecule has 2 N–H and O–H groups in total. The fourth-order valence-electron chi connectivity index (χ4n) is 2.76. The lowest BCUT2D eigenvalue weighted by Crippen LogP contribution is -2.42. The van der Waals surface area contributed by atoms with Gasteiger partial charge in [0.2, 0.25) is 0 Å². The van der Waals surface area contributed by atoms with Crippen molar-refractivity contribution in [2.24, 2.45) is 7.05 Å². The van der Waals surface area contributed by atoms with Crippen LogP contribution >= 0.6 is 0 Å². The normalized spacial score (nSPS) is 11.4. The van der Waals surface area contributed by atoms with Crippen LogP contribution in [-0.4, -0.2) is 50.7 Å². The number of hydrogen-bond acceptors (Lipinski definition) is 5. The topological polar surface area (TPSA) is 75.1 Å². The first-order chi connectivity index (χ1) is 11.9. The molecule has 0 atom stereocenters. The second-order valence-electron chi connectivity index (χ2n) is 6.55. The molecule has 2 rings (SSSR count). The van der Waals surface area contributed by atoms with Gasteiger partial charge in [0.15, 0.2) is 0 Å². The predicted molar refractivity (Wildman–Crippen MR) is 100 cm³/mol. The zero-order valence-electron chi connectivity index (χ0n) is 15.7. The lowest BCUT2D eigenvalue weighted by molar-refractivity contribution is 0.0934. The minimum absolute atomic E-state index is 0.166. The number of carbonyl (C=O) groups excluding carboxylic acids is 1. The summed E-state index contributed by atoms with van der Waals surface area (Å²) in [7, 11) is 1.84. The van der Waals surface area contributed by atoms with Gasteiger partial charge in [-0.05, 0) is 39.8 Å². The quantitative estimate of drug-likeness (QED) is 0.769. The van der Waals surface area contributed by atoms with Gasteiger partial charge in [-0.15, -0.1) is 0 Å². The van der Waals surface area contributed by atoms with Crippen molar-refractivity contribution in [3.05, 3.63) is 36.2 Å². The third kappa shape index (κ3) is 5.29. The van der Waals surface area contributed by atoms with E-state index in [9.17, 15) is 4.79 Å². The average Bonchev–Trinajstić information content (AvgIpc) is 2.96. The molecular weight excluding hydrogens is 316 g/mol. The number of carbonyl (C=O) groups is 1. The summed E-state index contributed by atoms with van der Waals surface area (Å²) in [6.07, 6.45) is 1.70. The van der Waals surface area contributed by atoms with E-state index in [1.807, 2.05) is 25.2 Å². The van der Waals surface area contributed by atoms with E-state index in [-0.39, 0.29) is 5.91 Å². The number of aryl methyl sites for hydroxylation is 1. The molecule has 2 aromatic rings. The van der Waals surface area contributed by atoms with Gasteiger partial charge in [0.25, 0.3) is 5.91 Å². The summed E-state index contributed by atoms with van der Waals surface area (Å²) < 4.78 is 1.71. The minimum atomic E-state index is -0.166. The van der Waals surface area contributed by atoms with Crippen LogP contribution in [0, 0.1) is 0 Å². The zero-order chi connectivity index (χ0) is 18.4. The van der Waals surface area contributed by atoms with Crippen molar-refractivity contribution in [3.8, 4) is 0 Å². The van der Waals surface area contributed by atoms with Gasteiger partial charge in [-0.1, -0.05) is 6.07 Å². The number of hydrogen-bond donors (Lipinski definition) is 2. The van der Waals surface area contributed by atoms with Crippen LogP contribution in [0.5, 0.6) is 0 Å². The molecule has 2 heterocycles. The summed E-state index contributed by atoms with van der Waals surface area (Å²) in [5.41, 5.74) is 0.396. The molecule has 0 spiro atoms. The molecule has 7 heteroatoms. The van der Waals surface area contributed by atoms with Gasteiger partial charge in [0, 0.05) is 38.3 Å². The SMILES string of the molecule is CC(C)N(CCNC(=O)c1cccc(Nc2ccnn2C)n1)C(C)C. The van der Waals surface area contributed by atoms with E-state index in [2.05, 4.69) is 53.3 Å². The van der Waals surface area contributed by atoms with E-state index in [0.717, 1.165) is 12.4 Å². The number of nitrogens with zero attached hydrogens (tertiary/aromatic N) is 4. The van der Waals surface area contributed by atoms with Crippen molar-refractivity contribution in [1.29, 1.82) is 0 Å². The number of rotatable bonds is 8. The molecule has 0 saturated carbocycles. The molecule has 0 saturated heterocycles. The number of aromatic nitrogens is 3. The molecule has 2 aromatic heterocycles. The Morgan fingerprint density at radius 2 is 1.92 bits per heavy atom. The number of amides is 1. The van der Waals surface area contributed by atoms with Gasteiger partial charge in [-0.2, -0.15) is 5.10 Å². The average molecular weight is 344 g/mol. The van der Waals surface area contributed by atoms with Gasteiger partial charge in [0.05, 0.1) is 6.20 Å². The van der Waals surface area contributed by atoms with Gasteiger partial charge in [0.1, 0.15) is 17.3 Å². The van der Waals surface area contributed by atoms with Crippen molar-refractivity contribution in [3.63, 3.8) is 0 Å². The first kappa shape index (κ1) is 18.9. The summed E-state index contributed by atoms with van der Waals surface area (Å²) >= 11 is 0. The Morgan fingerprint density at radius 3 is 2.52 bits per heavy atom.